The van der Waals surface area contributed by atoms with Gasteiger partial charge in [0, 0.05) is 6.04 Å². The highest BCUT2D eigenvalue weighted by molar-refractivity contribution is 5.33. The first kappa shape index (κ1) is 10.7. The van der Waals surface area contributed by atoms with Gasteiger partial charge in [-0.3, -0.25) is 0 Å². The molecule has 2 rings (SSSR count). The van der Waals surface area contributed by atoms with Gasteiger partial charge in [-0.05, 0) is 50.3 Å². The summed E-state index contributed by atoms with van der Waals surface area (Å²) in [6.45, 7) is 7.91. The molecule has 82 valence electrons. The molecule has 1 heteroatoms. The van der Waals surface area contributed by atoms with E-state index in [-0.39, 0.29) is 0 Å². The molecule has 0 radical (unpaired) electrons. The van der Waals surface area contributed by atoms with Crippen LogP contribution in [0.4, 0.5) is 0 Å². The molecule has 1 nitrogen and oxygen atoms in total. The van der Waals surface area contributed by atoms with Crippen LogP contribution in [0, 0.1) is 19.8 Å². The van der Waals surface area contributed by atoms with Crippen LogP contribution >= 0.6 is 0 Å². The van der Waals surface area contributed by atoms with E-state index in [2.05, 4.69) is 44.3 Å². The smallest absolute Gasteiger partial charge is 0.0325 e. The zero-order chi connectivity index (χ0) is 10.8. The summed E-state index contributed by atoms with van der Waals surface area (Å²) in [4.78, 5) is 0. The quantitative estimate of drug-likeness (QED) is 0.738. The number of nitrogens with one attached hydrogen (secondary N) is 1. The zero-order valence-corrected chi connectivity index (χ0v) is 10.0. The first-order valence-corrected chi connectivity index (χ1v) is 5.97. The molecule has 0 saturated carbocycles. The van der Waals surface area contributed by atoms with Crippen LogP contribution in [0.2, 0.25) is 0 Å². The highest BCUT2D eigenvalue weighted by atomic mass is 14.9. The van der Waals surface area contributed by atoms with Crippen molar-refractivity contribution in [2.45, 2.75) is 39.7 Å². The molecule has 0 aromatic heterocycles. The molecule has 15 heavy (non-hydrogen) atoms. The predicted octanol–water partition coefficient (Wildman–Crippen LogP) is 3.36. The van der Waals surface area contributed by atoms with E-state index in [1.165, 1.54) is 36.1 Å². The lowest BCUT2D eigenvalue weighted by molar-refractivity contribution is 0.324. The van der Waals surface area contributed by atoms with Crippen LogP contribution in [-0.2, 0) is 0 Å². The Morgan fingerprint density at radius 2 is 2.07 bits per heavy atom. The molecule has 0 amide bonds. The fourth-order valence-corrected chi connectivity index (χ4v) is 2.56. The summed E-state index contributed by atoms with van der Waals surface area (Å²) >= 11 is 0. The molecule has 1 aromatic carbocycles. The van der Waals surface area contributed by atoms with Crippen molar-refractivity contribution >= 4 is 0 Å². The predicted molar refractivity (Wildman–Crippen MR) is 65.1 cm³/mol. The molecule has 0 spiro atoms. The number of piperidine rings is 1. The fraction of sp³-hybridized carbons (Fsp3) is 0.571. The average molecular weight is 203 g/mol. The topological polar surface area (TPSA) is 12.0 Å². The second-order valence-electron chi connectivity index (χ2n) is 5.00. The minimum Gasteiger partial charge on any atom is -0.310 e. The summed E-state index contributed by atoms with van der Waals surface area (Å²) in [5.74, 6) is 0.858. The van der Waals surface area contributed by atoms with Crippen LogP contribution in [0.5, 0.6) is 0 Å². The van der Waals surface area contributed by atoms with Gasteiger partial charge in [-0.15, -0.1) is 0 Å². The molecular formula is C14H21N. The maximum atomic E-state index is 3.63. The summed E-state index contributed by atoms with van der Waals surface area (Å²) < 4.78 is 0. The molecule has 1 saturated heterocycles. The van der Waals surface area contributed by atoms with Gasteiger partial charge in [0.05, 0.1) is 0 Å². The van der Waals surface area contributed by atoms with Gasteiger partial charge in [0.2, 0.25) is 0 Å². The maximum Gasteiger partial charge on any atom is 0.0325 e. The summed E-state index contributed by atoms with van der Waals surface area (Å²) in [7, 11) is 0. The summed E-state index contributed by atoms with van der Waals surface area (Å²) in [5, 5.41) is 3.63. The Labute approximate surface area is 92.9 Å². The largest absolute Gasteiger partial charge is 0.310 e. The van der Waals surface area contributed by atoms with Gasteiger partial charge < -0.3 is 5.32 Å². The van der Waals surface area contributed by atoms with Crippen molar-refractivity contribution in [3.63, 3.8) is 0 Å². The lowest BCUT2D eigenvalue weighted by atomic mass is 9.88. The van der Waals surface area contributed by atoms with Gasteiger partial charge >= 0.3 is 0 Å². The van der Waals surface area contributed by atoms with Crippen molar-refractivity contribution in [2.75, 3.05) is 6.54 Å². The lowest BCUT2D eigenvalue weighted by Gasteiger charge is -2.29. The van der Waals surface area contributed by atoms with E-state index in [1.54, 1.807) is 0 Å². The van der Waals surface area contributed by atoms with Crippen molar-refractivity contribution in [1.29, 1.82) is 0 Å². The molecule has 1 aromatic rings. The Morgan fingerprint density at radius 3 is 2.73 bits per heavy atom. The van der Waals surface area contributed by atoms with E-state index in [9.17, 15) is 0 Å². The van der Waals surface area contributed by atoms with E-state index in [0.717, 1.165) is 5.92 Å². The molecule has 1 N–H and O–H groups in total. The highest BCUT2D eigenvalue weighted by Crippen LogP contribution is 2.29. The number of hydrogen-bond donors (Lipinski definition) is 1. The van der Waals surface area contributed by atoms with Crippen molar-refractivity contribution in [3.8, 4) is 0 Å². The Hall–Kier alpha value is -0.820. The fourth-order valence-electron chi connectivity index (χ4n) is 2.56. The van der Waals surface area contributed by atoms with E-state index < -0.39 is 0 Å². The van der Waals surface area contributed by atoms with E-state index in [1.807, 2.05) is 0 Å². The highest BCUT2D eigenvalue weighted by Gasteiger charge is 2.20. The minimum atomic E-state index is 0.578. The second kappa shape index (κ2) is 4.36. The van der Waals surface area contributed by atoms with Gasteiger partial charge in [0.25, 0.3) is 0 Å². The summed E-state index contributed by atoms with van der Waals surface area (Å²) in [5.41, 5.74) is 4.29. The molecule has 1 fully saturated rings. The number of aryl methyl sites for hydroxylation is 2. The molecule has 1 heterocycles. The summed E-state index contributed by atoms with van der Waals surface area (Å²) in [6, 6.07) is 7.38. The standard InChI is InChI=1S/C14H21N/c1-10-4-5-13(12(3)8-10)14-9-11(2)6-7-15-14/h4-5,8,11,14-15H,6-7,9H2,1-3H3. The number of rotatable bonds is 1. The van der Waals surface area contributed by atoms with Crippen LogP contribution in [-0.4, -0.2) is 6.54 Å². The first-order valence-electron chi connectivity index (χ1n) is 5.97. The molecule has 0 bridgehead atoms. The van der Waals surface area contributed by atoms with E-state index in [4.69, 9.17) is 0 Å². The van der Waals surface area contributed by atoms with E-state index >= 15 is 0 Å². The van der Waals surface area contributed by atoms with Crippen molar-refractivity contribution in [1.82, 2.24) is 5.32 Å². The van der Waals surface area contributed by atoms with Gasteiger partial charge in [-0.1, -0.05) is 30.7 Å². The number of benzene rings is 1. The molecule has 1 aliphatic heterocycles. The van der Waals surface area contributed by atoms with Crippen molar-refractivity contribution in [3.05, 3.63) is 34.9 Å². The van der Waals surface area contributed by atoms with Gasteiger partial charge in [0.15, 0.2) is 0 Å². The molecule has 1 aliphatic rings. The van der Waals surface area contributed by atoms with Gasteiger partial charge in [0.1, 0.15) is 0 Å². The third kappa shape index (κ3) is 2.40. The summed E-state index contributed by atoms with van der Waals surface area (Å²) in [6.07, 6.45) is 2.60. The molecule has 2 atom stereocenters. The number of hydrogen-bond acceptors (Lipinski definition) is 1. The average Bonchev–Trinajstić information content (AvgIpc) is 2.17. The monoisotopic (exact) mass is 203 g/mol. The molecule has 0 aliphatic carbocycles. The Bertz CT molecular complexity index is 343. The van der Waals surface area contributed by atoms with Crippen LogP contribution in [0.15, 0.2) is 18.2 Å². The van der Waals surface area contributed by atoms with Gasteiger partial charge in [-0.2, -0.15) is 0 Å². The third-order valence-electron chi connectivity index (χ3n) is 3.47. The van der Waals surface area contributed by atoms with Crippen LogP contribution in [0.1, 0.15) is 42.5 Å². The Kier molecular flexibility index (Phi) is 3.11. The van der Waals surface area contributed by atoms with Crippen LogP contribution in [0.25, 0.3) is 0 Å². The van der Waals surface area contributed by atoms with Crippen molar-refractivity contribution < 1.29 is 0 Å². The normalized spacial score (nSPS) is 26.6. The maximum absolute atomic E-state index is 3.63. The second-order valence-corrected chi connectivity index (χ2v) is 5.00. The Morgan fingerprint density at radius 1 is 1.27 bits per heavy atom. The lowest BCUT2D eigenvalue weighted by Crippen LogP contribution is -2.31. The third-order valence-corrected chi connectivity index (χ3v) is 3.47. The van der Waals surface area contributed by atoms with Crippen molar-refractivity contribution in [2.24, 2.45) is 5.92 Å². The minimum absolute atomic E-state index is 0.578. The first-order chi connectivity index (χ1) is 7.16. The Balaban J connectivity index is 2.21. The van der Waals surface area contributed by atoms with Crippen LogP contribution in [0.3, 0.4) is 0 Å². The molecular weight excluding hydrogens is 182 g/mol. The zero-order valence-electron chi connectivity index (χ0n) is 10.0. The SMILES string of the molecule is Cc1ccc(C2CC(C)CCN2)c(C)c1. The molecule has 2 unspecified atom stereocenters. The van der Waals surface area contributed by atoms with Gasteiger partial charge in [-0.25, -0.2) is 0 Å². The van der Waals surface area contributed by atoms with Crippen LogP contribution < -0.4 is 5.32 Å². The van der Waals surface area contributed by atoms with E-state index in [0.29, 0.717) is 6.04 Å².